The maximum absolute atomic E-state index is 11.9. The van der Waals surface area contributed by atoms with Crippen molar-refractivity contribution in [2.24, 2.45) is 5.92 Å². The quantitative estimate of drug-likeness (QED) is 0.754. The molecule has 0 aromatic rings. The van der Waals surface area contributed by atoms with Gasteiger partial charge in [0.25, 0.3) is 0 Å². The lowest BCUT2D eigenvalue weighted by Gasteiger charge is -2.34. The molecule has 2 rings (SSSR count). The smallest absolute Gasteiger partial charge is 0.165 e. The highest BCUT2D eigenvalue weighted by Crippen LogP contribution is 2.36. The number of aliphatic hydroxyl groups excluding tert-OH is 1. The van der Waals surface area contributed by atoms with Crippen molar-refractivity contribution in [1.29, 1.82) is 0 Å². The summed E-state index contributed by atoms with van der Waals surface area (Å²) in [6.07, 6.45) is 3.67. The Kier molecular flexibility index (Phi) is 3.12. The molecular formula is C12H16O4. The van der Waals surface area contributed by atoms with E-state index in [1.807, 2.05) is 6.08 Å². The minimum atomic E-state index is -0.566. The molecule has 0 amide bonds. The molecule has 1 fully saturated rings. The lowest BCUT2D eigenvalue weighted by atomic mass is 9.75. The highest BCUT2D eigenvalue weighted by atomic mass is 16.5. The van der Waals surface area contributed by atoms with E-state index in [2.05, 4.69) is 0 Å². The molecule has 2 aliphatic carbocycles. The number of hydrogen-bond donors (Lipinski definition) is 1. The third kappa shape index (κ3) is 1.79. The second kappa shape index (κ2) is 4.39. The van der Waals surface area contributed by atoms with Crippen molar-refractivity contribution in [2.75, 3.05) is 14.2 Å². The first-order valence-corrected chi connectivity index (χ1v) is 5.37. The number of hydrogen-bond acceptors (Lipinski definition) is 4. The Bertz CT molecular complexity index is 356. The van der Waals surface area contributed by atoms with E-state index in [-0.39, 0.29) is 24.2 Å². The highest BCUT2D eigenvalue weighted by Gasteiger charge is 2.39. The van der Waals surface area contributed by atoms with Gasteiger partial charge < -0.3 is 14.6 Å². The Hall–Kier alpha value is -1.13. The number of rotatable bonds is 2. The van der Waals surface area contributed by atoms with Crippen molar-refractivity contribution >= 4 is 5.78 Å². The van der Waals surface area contributed by atoms with E-state index in [1.54, 1.807) is 20.3 Å². The fourth-order valence-corrected chi connectivity index (χ4v) is 2.47. The van der Waals surface area contributed by atoms with Crippen molar-refractivity contribution in [1.82, 2.24) is 0 Å². The van der Waals surface area contributed by atoms with Gasteiger partial charge in [-0.25, -0.2) is 0 Å². The second-order valence-corrected chi connectivity index (χ2v) is 4.16. The first-order chi connectivity index (χ1) is 7.67. The van der Waals surface area contributed by atoms with Crippen LogP contribution in [0.3, 0.4) is 0 Å². The Labute approximate surface area is 94.5 Å². The first-order valence-electron chi connectivity index (χ1n) is 5.37. The summed E-state index contributed by atoms with van der Waals surface area (Å²) in [5.74, 6) is 0.489. The van der Waals surface area contributed by atoms with Crippen LogP contribution in [0.4, 0.5) is 0 Å². The zero-order valence-corrected chi connectivity index (χ0v) is 9.47. The average Bonchev–Trinajstić information content (AvgIpc) is 2.27. The van der Waals surface area contributed by atoms with Crippen molar-refractivity contribution < 1.29 is 19.4 Å². The summed E-state index contributed by atoms with van der Waals surface area (Å²) in [7, 11) is 3.16. The van der Waals surface area contributed by atoms with E-state index in [1.165, 1.54) is 0 Å². The van der Waals surface area contributed by atoms with Crippen molar-refractivity contribution in [3.8, 4) is 0 Å². The fourth-order valence-electron chi connectivity index (χ4n) is 2.47. The van der Waals surface area contributed by atoms with Gasteiger partial charge in [-0.1, -0.05) is 6.08 Å². The average molecular weight is 224 g/mol. The van der Waals surface area contributed by atoms with Gasteiger partial charge in [-0.15, -0.1) is 0 Å². The van der Waals surface area contributed by atoms with Crippen LogP contribution >= 0.6 is 0 Å². The molecule has 0 radical (unpaired) electrons. The minimum Gasteiger partial charge on any atom is -0.496 e. The molecule has 0 aromatic carbocycles. The summed E-state index contributed by atoms with van der Waals surface area (Å²) in [5, 5.41) is 9.63. The van der Waals surface area contributed by atoms with Crippen LogP contribution in [-0.4, -0.2) is 37.3 Å². The zero-order valence-electron chi connectivity index (χ0n) is 9.47. The third-order valence-corrected chi connectivity index (χ3v) is 3.21. The molecule has 2 aliphatic rings. The number of fused-ring (bicyclic) bond motifs is 1. The van der Waals surface area contributed by atoms with E-state index in [0.717, 1.165) is 0 Å². The number of Topliss-reactive ketones (excluding diaryl/α,β-unsaturated/α-hetero) is 1. The molecule has 0 aliphatic heterocycles. The van der Waals surface area contributed by atoms with Crippen molar-refractivity contribution in [2.45, 2.75) is 25.0 Å². The topological polar surface area (TPSA) is 55.8 Å². The monoisotopic (exact) mass is 224 g/mol. The molecule has 16 heavy (non-hydrogen) atoms. The molecule has 0 saturated heterocycles. The van der Waals surface area contributed by atoms with Gasteiger partial charge in [0.05, 0.1) is 19.3 Å². The van der Waals surface area contributed by atoms with E-state index < -0.39 is 6.10 Å². The summed E-state index contributed by atoms with van der Waals surface area (Å²) in [4.78, 5) is 11.9. The molecule has 3 atom stereocenters. The van der Waals surface area contributed by atoms with Crippen molar-refractivity contribution in [3.05, 3.63) is 23.5 Å². The van der Waals surface area contributed by atoms with Gasteiger partial charge in [0, 0.05) is 25.0 Å². The lowest BCUT2D eigenvalue weighted by molar-refractivity contribution is -0.121. The Morgan fingerprint density at radius 3 is 2.81 bits per heavy atom. The van der Waals surface area contributed by atoms with Gasteiger partial charge in [-0.05, 0) is 12.5 Å². The number of methoxy groups -OCH3 is 2. The summed E-state index contributed by atoms with van der Waals surface area (Å²) in [6, 6.07) is 0. The van der Waals surface area contributed by atoms with Crippen LogP contribution in [0, 0.1) is 5.92 Å². The molecule has 0 bridgehead atoms. The van der Waals surface area contributed by atoms with Crippen LogP contribution in [0.5, 0.6) is 0 Å². The molecule has 4 nitrogen and oxygen atoms in total. The van der Waals surface area contributed by atoms with Crippen LogP contribution in [0.15, 0.2) is 23.5 Å². The van der Waals surface area contributed by atoms with E-state index in [4.69, 9.17) is 9.47 Å². The summed E-state index contributed by atoms with van der Waals surface area (Å²) < 4.78 is 10.5. The molecule has 1 N–H and O–H groups in total. The highest BCUT2D eigenvalue weighted by molar-refractivity contribution is 5.98. The predicted molar refractivity (Wildman–Crippen MR) is 57.7 cm³/mol. The molecule has 3 unspecified atom stereocenters. The van der Waals surface area contributed by atoms with Gasteiger partial charge in [0.1, 0.15) is 5.76 Å². The maximum Gasteiger partial charge on any atom is 0.165 e. The van der Waals surface area contributed by atoms with Crippen LogP contribution in [-0.2, 0) is 14.3 Å². The van der Waals surface area contributed by atoms with E-state index in [9.17, 15) is 9.90 Å². The van der Waals surface area contributed by atoms with E-state index in [0.29, 0.717) is 17.8 Å². The molecule has 0 spiro atoms. The van der Waals surface area contributed by atoms with Crippen LogP contribution < -0.4 is 0 Å². The normalized spacial score (nSPS) is 33.9. The Morgan fingerprint density at radius 1 is 1.44 bits per heavy atom. The fraction of sp³-hybridized carbons (Fsp3) is 0.583. The number of ether oxygens (including phenoxy) is 2. The molecule has 4 heteroatoms. The van der Waals surface area contributed by atoms with Crippen LogP contribution in [0.1, 0.15) is 12.8 Å². The Morgan fingerprint density at radius 2 is 2.19 bits per heavy atom. The van der Waals surface area contributed by atoms with Gasteiger partial charge in [-0.3, -0.25) is 4.79 Å². The Balaban J connectivity index is 2.38. The summed E-state index contributed by atoms with van der Waals surface area (Å²) in [6.45, 7) is 0. The number of carbonyl (C=O) groups is 1. The van der Waals surface area contributed by atoms with Gasteiger partial charge in [-0.2, -0.15) is 0 Å². The van der Waals surface area contributed by atoms with Crippen molar-refractivity contribution in [3.63, 3.8) is 0 Å². The SMILES string of the molecule is COC1=C2C(=O)CC(O)CC2C(OC)C=C1. The predicted octanol–water partition coefficient (Wildman–Crippen LogP) is 0.812. The molecule has 0 aromatic heterocycles. The van der Waals surface area contributed by atoms with Crippen LogP contribution in [0.2, 0.25) is 0 Å². The van der Waals surface area contributed by atoms with E-state index >= 15 is 0 Å². The molecular weight excluding hydrogens is 208 g/mol. The summed E-state index contributed by atoms with van der Waals surface area (Å²) >= 11 is 0. The molecule has 0 heterocycles. The van der Waals surface area contributed by atoms with Gasteiger partial charge in [0.2, 0.25) is 0 Å². The van der Waals surface area contributed by atoms with Crippen LogP contribution in [0.25, 0.3) is 0 Å². The number of ketones is 1. The molecule has 1 saturated carbocycles. The maximum atomic E-state index is 11.9. The minimum absolute atomic E-state index is 0.0352. The number of allylic oxidation sites excluding steroid dienone is 1. The zero-order chi connectivity index (χ0) is 11.7. The lowest BCUT2D eigenvalue weighted by Crippen LogP contribution is -2.38. The first kappa shape index (κ1) is 11.4. The second-order valence-electron chi connectivity index (χ2n) is 4.16. The van der Waals surface area contributed by atoms with Gasteiger partial charge in [0.15, 0.2) is 5.78 Å². The van der Waals surface area contributed by atoms with Gasteiger partial charge >= 0.3 is 0 Å². The number of carbonyl (C=O) groups excluding carboxylic acids is 1. The largest absolute Gasteiger partial charge is 0.496 e. The molecule has 88 valence electrons. The summed E-state index contributed by atoms with van der Waals surface area (Å²) in [5.41, 5.74) is 0.669. The third-order valence-electron chi connectivity index (χ3n) is 3.21. The standard InChI is InChI=1S/C12H16O4/c1-15-10-3-4-11(16-2)12-8(10)5-7(13)6-9(12)14/h3-4,7-8,10,13H,5-6H2,1-2H3. The number of aliphatic hydroxyl groups is 1.